The average Bonchev–Trinajstić information content (AvgIpc) is 2.93. The molecule has 4 rings (SSSR count). The predicted molar refractivity (Wildman–Crippen MR) is 64.2 cm³/mol. The lowest BCUT2D eigenvalue weighted by Gasteiger charge is -2.33. The third-order valence-corrected chi connectivity index (χ3v) is 4.59. The third kappa shape index (κ3) is 1.77. The van der Waals surface area contributed by atoms with Crippen LogP contribution in [0.1, 0.15) is 55.8 Å². The van der Waals surface area contributed by atoms with Gasteiger partial charge in [0.2, 0.25) is 11.7 Å². The summed E-state index contributed by atoms with van der Waals surface area (Å²) in [6.07, 6.45) is 6.25. The Morgan fingerprint density at radius 3 is 2.94 bits per heavy atom. The molecule has 2 saturated heterocycles. The van der Waals surface area contributed by atoms with Crippen LogP contribution >= 0.6 is 0 Å². The van der Waals surface area contributed by atoms with E-state index in [1.54, 1.807) is 0 Å². The first kappa shape index (κ1) is 10.9. The summed E-state index contributed by atoms with van der Waals surface area (Å²) >= 11 is 0. The number of hydrogen-bond donors (Lipinski definition) is 0. The van der Waals surface area contributed by atoms with Gasteiger partial charge in [0.25, 0.3) is 0 Å². The van der Waals surface area contributed by atoms with Crippen LogP contribution in [0.25, 0.3) is 0 Å². The standard InChI is InChI=1S/C13H19N3O2/c1-3-9(4-1)13-14-12(15-18-13)11-7-16-6-2-5-10(16)8-17-11/h9-11H,1-8H2/t10-,11+/m1/s1. The van der Waals surface area contributed by atoms with Crippen molar-refractivity contribution in [3.05, 3.63) is 11.7 Å². The highest BCUT2D eigenvalue weighted by Crippen LogP contribution is 2.36. The number of nitrogens with zero attached hydrogens (tertiary/aromatic N) is 3. The number of ether oxygens (including phenoxy) is 1. The summed E-state index contributed by atoms with van der Waals surface area (Å²) in [5, 5.41) is 4.12. The van der Waals surface area contributed by atoms with Gasteiger partial charge >= 0.3 is 0 Å². The SMILES string of the molecule is C1CC(c2nc([C@@H]3CN4CCC[C@@H]4CO3)no2)C1. The molecule has 5 heteroatoms. The molecule has 0 aromatic carbocycles. The first-order chi connectivity index (χ1) is 8.90. The molecule has 0 radical (unpaired) electrons. The molecule has 0 amide bonds. The maximum atomic E-state index is 5.90. The Morgan fingerprint density at radius 2 is 2.11 bits per heavy atom. The monoisotopic (exact) mass is 249 g/mol. The molecule has 2 atom stereocenters. The van der Waals surface area contributed by atoms with Crippen molar-refractivity contribution >= 4 is 0 Å². The van der Waals surface area contributed by atoms with Crippen molar-refractivity contribution in [3.63, 3.8) is 0 Å². The van der Waals surface area contributed by atoms with E-state index < -0.39 is 0 Å². The van der Waals surface area contributed by atoms with E-state index in [-0.39, 0.29) is 6.10 Å². The highest BCUT2D eigenvalue weighted by atomic mass is 16.5. The maximum Gasteiger partial charge on any atom is 0.229 e. The number of rotatable bonds is 2. The minimum Gasteiger partial charge on any atom is -0.367 e. The van der Waals surface area contributed by atoms with Gasteiger partial charge in [-0.1, -0.05) is 11.6 Å². The van der Waals surface area contributed by atoms with Crippen LogP contribution < -0.4 is 0 Å². The van der Waals surface area contributed by atoms with Crippen LogP contribution in [0.4, 0.5) is 0 Å². The largest absolute Gasteiger partial charge is 0.367 e. The highest BCUT2D eigenvalue weighted by Gasteiger charge is 2.35. The molecule has 3 aliphatic rings. The van der Waals surface area contributed by atoms with E-state index in [9.17, 15) is 0 Å². The van der Waals surface area contributed by atoms with Crippen LogP contribution in [-0.2, 0) is 4.74 Å². The molecular formula is C13H19N3O2. The number of hydrogen-bond acceptors (Lipinski definition) is 5. The van der Waals surface area contributed by atoms with Gasteiger partial charge in [-0.05, 0) is 32.2 Å². The van der Waals surface area contributed by atoms with Crippen LogP contribution in [0.3, 0.4) is 0 Å². The minimum atomic E-state index is 0.0110. The van der Waals surface area contributed by atoms with E-state index in [2.05, 4.69) is 15.0 Å². The molecule has 1 aromatic rings. The molecule has 18 heavy (non-hydrogen) atoms. The van der Waals surface area contributed by atoms with Crippen molar-refractivity contribution in [3.8, 4) is 0 Å². The van der Waals surface area contributed by atoms with Gasteiger partial charge in [0, 0.05) is 18.5 Å². The van der Waals surface area contributed by atoms with Crippen molar-refractivity contribution in [2.24, 2.45) is 0 Å². The Kier molecular flexibility index (Phi) is 2.62. The zero-order chi connectivity index (χ0) is 11.9. The minimum absolute atomic E-state index is 0.0110. The van der Waals surface area contributed by atoms with E-state index in [0.29, 0.717) is 12.0 Å². The third-order valence-electron chi connectivity index (χ3n) is 4.59. The lowest BCUT2D eigenvalue weighted by molar-refractivity contribution is -0.0548. The van der Waals surface area contributed by atoms with Gasteiger partial charge in [0.1, 0.15) is 6.10 Å². The Hall–Kier alpha value is -0.940. The Morgan fingerprint density at radius 1 is 1.17 bits per heavy atom. The number of aromatic nitrogens is 2. The van der Waals surface area contributed by atoms with Gasteiger partial charge in [-0.2, -0.15) is 4.98 Å². The molecule has 98 valence electrons. The fraction of sp³-hybridized carbons (Fsp3) is 0.846. The molecule has 1 saturated carbocycles. The first-order valence-electron chi connectivity index (χ1n) is 7.09. The van der Waals surface area contributed by atoms with Crippen LogP contribution in [0.15, 0.2) is 4.52 Å². The molecule has 0 spiro atoms. The van der Waals surface area contributed by atoms with Crippen LogP contribution in [0, 0.1) is 0 Å². The second-order valence-corrected chi connectivity index (χ2v) is 5.73. The fourth-order valence-electron chi connectivity index (χ4n) is 3.17. The highest BCUT2D eigenvalue weighted by molar-refractivity contribution is 5.02. The van der Waals surface area contributed by atoms with Crippen molar-refractivity contribution in [1.82, 2.24) is 15.0 Å². The van der Waals surface area contributed by atoms with Gasteiger partial charge in [-0.3, -0.25) is 4.90 Å². The van der Waals surface area contributed by atoms with E-state index >= 15 is 0 Å². The molecule has 1 aliphatic carbocycles. The van der Waals surface area contributed by atoms with Gasteiger partial charge in [-0.25, -0.2) is 0 Å². The van der Waals surface area contributed by atoms with Crippen molar-refractivity contribution in [2.75, 3.05) is 19.7 Å². The van der Waals surface area contributed by atoms with Crippen molar-refractivity contribution in [1.29, 1.82) is 0 Å². The Balaban J connectivity index is 1.47. The summed E-state index contributed by atoms with van der Waals surface area (Å²) in [6.45, 7) is 2.93. The molecule has 0 bridgehead atoms. The average molecular weight is 249 g/mol. The molecule has 0 unspecified atom stereocenters. The zero-order valence-corrected chi connectivity index (χ0v) is 10.5. The predicted octanol–water partition coefficient (Wildman–Crippen LogP) is 1.87. The van der Waals surface area contributed by atoms with Crippen LogP contribution in [0.5, 0.6) is 0 Å². The first-order valence-corrected chi connectivity index (χ1v) is 7.09. The summed E-state index contributed by atoms with van der Waals surface area (Å²) in [5.74, 6) is 2.08. The number of morpholine rings is 1. The molecular weight excluding hydrogens is 230 g/mol. The zero-order valence-electron chi connectivity index (χ0n) is 10.5. The fourth-order valence-corrected chi connectivity index (χ4v) is 3.17. The second-order valence-electron chi connectivity index (χ2n) is 5.73. The van der Waals surface area contributed by atoms with Crippen LogP contribution in [-0.4, -0.2) is 40.8 Å². The summed E-state index contributed by atoms with van der Waals surface area (Å²) in [5.41, 5.74) is 0. The summed E-state index contributed by atoms with van der Waals surface area (Å²) in [6, 6.07) is 0.624. The van der Waals surface area contributed by atoms with E-state index in [1.165, 1.54) is 38.6 Å². The van der Waals surface area contributed by atoms with Crippen molar-refractivity contribution < 1.29 is 9.26 Å². The smallest absolute Gasteiger partial charge is 0.229 e. The van der Waals surface area contributed by atoms with Crippen LogP contribution in [0.2, 0.25) is 0 Å². The van der Waals surface area contributed by atoms with Gasteiger partial charge < -0.3 is 9.26 Å². The Labute approximate surface area is 106 Å². The normalized spacial score (nSPS) is 33.3. The second kappa shape index (κ2) is 4.31. The van der Waals surface area contributed by atoms with E-state index in [0.717, 1.165) is 24.9 Å². The lowest BCUT2D eigenvalue weighted by atomic mass is 9.85. The summed E-state index contributed by atoms with van der Waals surface area (Å²) in [7, 11) is 0. The topological polar surface area (TPSA) is 51.4 Å². The molecule has 2 aliphatic heterocycles. The summed E-state index contributed by atoms with van der Waals surface area (Å²) < 4.78 is 11.3. The van der Waals surface area contributed by atoms with Crippen molar-refractivity contribution in [2.45, 2.75) is 50.2 Å². The quantitative estimate of drug-likeness (QED) is 0.801. The van der Waals surface area contributed by atoms with Gasteiger partial charge in [0.15, 0.2) is 0 Å². The molecule has 3 heterocycles. The van der Waals surface area contributed by atoms with E-state index in [4.69, 9.17) is 9.26 Å². The molecule has 3 fully saturated rings. The molecule has 0 N–H and O–H groups in total. The lowest BCUT2D eigenvalue weighted by Crippen LogP contribution is -2.42. The maximum absolute atomic E-state index is 5.90. The molecule has 5 nitrogen and oxygen atoms in total. The molecule has 1 aromatic heterocycles. The number of fused-ring (bicyclic) bond motifs is 1. The summed E-state index contributed by atoms with van der Waals surface area (Å²) in [4.78, 5) is 7.05. The Bertz CT molecular complexity index is 430. The van der Waals surface area contributed by atoms with E-state index in [1.807, 2.05) is 0 Å². The van der Waals surface area contributed by atoms with Gasteiger partial charge in [0.05, 0.1) is 6.61 Å². The van der Waals surface area contributed by atoms with Gasteiger partial charge in [-0.15, -0.1) is 0 Å².